The van der Waals surface area contributed by atoms with Crippen molar-refractivity contribution in [2.24, 2.45) is 4.99 Å². The normalized spacial score (nSPS) is 13.5. The van der Waals surface area contributed by atoms with Gasteiger partial charge in [-0.2, -0.15) is 0 Å². The number of hydrogen-bond donors (Lipinski definition) is 1. The van der Waals surface area contributed by atoms with Crippen LogP contribution in [0.3, 0.4) is 0 Å². The van der Waals surface area contributed by atoms with Gasteiger partial charge in [0.05, 0.1) is 24.2 Å². The first-order valence-corrected chi connectivity index (χ1v) is 6.75. The van der Waals surface area contributed by atoms with Crippen molar-refractivity contribution in [1.29, 1.82) is 0 Å². The SMILES string of the molecule is O=C(O)Cc1cccc2c1N=C(c1ccccc1F)CC2=O. The van der Waals surface area contributed by atoms with Crippen LogP contribution in [0.1, 0.15) is 27.9 Å². The number of aliphatic carboxylic acids is 1. The smallest absolute Gasteiger partial charge is 0.307 e. The Morgan fingerprint density at radius 2 is 1.86 bits per heavy atom. The highest BCUT2D eigenvalue weighted by Crippen LogP contribution is 2.32. The van der Waals surface area contributed by atoms with Gasteiger partial charge in [-0.15, -0.1) is 0 Å². The van der Waals surface area contributed by atoms with E-state index < -0.39 is 11.8 Å². The van der Waals surface area contributed by atoms with Crippen LogP contribution in [0.5, 0.6) is 0 Å². The van der Waals surface area contributed by atoms with Crippen molar-refractivity contribution in [2.75, 3.05) is 0 Å². The summed E-state index contributed by atoms with van der Waals surface area (Å²) in [7, 11) is 0. The minimum Gasteiger partial charge on any atom is -0.481 e. The maximum Gasteiger partial charge on any atom is 0.307 e. The van der Waals surface area contributed by atoms with Crippen molar-refractivity contribution in [2.45, 2.75) is 12.8 Å². The molecule has 0 bridgehead atoms. The number of carboxylic acids is 1. The summed E-state index contributed by atoms with van der Waals surface area (Å²) >= 11 is 0. The van der Waals surface area contributed by atoms with E-state index in [0.29, 0.717) is 22.5 Å². The zero-order chi connectivity index (χ0) is 15.7. The molecular weight excluding hydrogens is 285 g/mol. The van der Waals surface area contributed by atoms with Crippen LogP contribution in [-0.4, -0.2) is 22.6 Å². The highest BCUT2D eigenvalue weighted by Gasteiger charge is 2.24. The number of carboxylic acid groups (broad SMARTS) is 1. The second-order valence-electron chi connectivity index (χ2n) is 5.02. The highest BCUT2D eigenvalue weighted by molar-refractivity contribution is 6.21. The molecule has 5 heteroatoms. The predicted octanol–water partition coefficient (Wildman–Crippen LogP) is 3.16. The third-order valence-corrected chi connectivity index (χ3v) is 3.52. The van der Waals surface area contributed by atoms with E-state index in [0.717, 1.165) is 0 Å². The number of halogens is 1. The molecule has 1 heterocycles. The second-order valence-corrected chi connectivity index (χ2v) is 5.02. The van der Waals surface area contributed by atoms with Gasteiger partial charge in [0.25, 0.3) is 0 Å². The lowest BCUT2D eigenvalue weighted by Crippen LogP contribution is -2.17. The second kappa shape index (κ2) is 5.52. The number of aliphatic imine (C=N–C) groups is 1. The summed E-state index contributed by atoms with van der Waals surface area (Å²) in [6.45, 7) is 0. The summed E-state index contributed by atoms with van der Waals surface area (Å²) in [4.78, 5) is 27.6. The molecule has 22 heavy (non-hydrogen) atoms. The molecule has 3 rings (SSSR count). The Kier molecular flexibility index (Phi) is 3.55. The van der Waals surface area contributed by atoms with Crippen LogP contribution >= 0.6 is 0 Å². The number of fused-ring (bicyclic) bond motifs is 1. The number of benzene rings is 2. The van der Waals surface area contributed by atoms with Gasteiger partial charge >= 0.3 is 5.97 Å². The van der Waals surface area contributed by atoms with Gasteiger partial charge in [0.2, 0.25) is 0 Å². The van der Waals surface area contributed by atoms with Crippen LogP contribution < -0.4 is 0 Å². The van der Waals surface area contributed by atoms with E-state index in [1.807, 2.05) is 0 Å². The number of para-hydroxylation sites is 1. The van der Waals surface area contributed by atoms with Crippen LogP contribution in [0, 0.1) is 5.82 Å². The van der Waals surface area contributed by atoms with Gasteiger partial charge in [-0.1, -0.05) is 30.3 Å². The van der Waals surface area contributed by atoms with E-state index in [1.54, 1.807) is 36.4 Å². The van der Waals surface area contributed by atoms with Gasteiger partial charge in [0, 0.05) is 11.1 Å². The number of hydrogen-bond acceptors (Lipinski definition) is 3. The fraction of sp³-hybridized carbons (Fsp3) is 0.118. The quantitative estimate of drug-likeness (QED) is 0.946. The predicted molar refractivity (Wildman–Crippen MR) is 79.3 cm³/mol. The van der Waals surface area contributed by atoms with E-state index in [-0.39, 0.29) is 24.2 Å². The maximum absolute atomic E-state index is 13.9. The molecule has 0 unspecified atom stereocenters. The van der Waals surface area contributed by atoms with E-state index >= 15 is 0 Å². The Hall–Kier alpha value is -2.82. The van der Waals surface area contributed by atoms with Crippen LogP contribution in [0.15, 0.2) is 47.5 Å². The van der Waals surface area contributed by atoms with Crippen LogP contribution in [0.4, 0.5) is 10.1 Å². The number of carbonyl (C=O) groups is 2. The Morgan fingerprint density at radius 3 is 2.59 bits per heavy atom. The molecule has 0 spiro atoms. The molecule has 2 aromatic rings. The molecular formula is C17H12FNO3. The van der Waals surface area contributed by atoms with Crippen molar-refractivity contribution in [3.8, 4) is 0 Å². The van der Waals surface area contributed by atoms with E-state index in [2.05, 4.69) is 4.99 Å². The molecule has 0 atom stereocenters. The number of nitrogens with zero attached hydrogens (tertiary/aromatic N) is 1. The number of carbonyl (C=O) groups excluding carboxylic acids is 1. The first-order valence-electron chi connectivity index (χ1n) is 6.75. The first-order chi connectivity index (χ1) is 10.6. The topological polar surface area (TPSA) is 66.7 Å². The average Bonchev–Trinajstić information content (AvgIpc) is 2.48. The van der Waals surface area contributed by atoms with Crippen molar-refractivity contribution in [3.63, 3.8) is 0 Å². The number of rotatable bonds is 3. The summed E-state index contributed by atoms with van der Waals surface area (Å²) in [5.41, 5.74) is 1.77. The summed E-state index contributed by atoms with van der Waals surface area (Å²) in [5, 5.41) is 8.97. The molecule has 0 aromatic heterocycles. The first kappa shape index (κ1) is 14.1. The molecule has 0 amide bonds. The van der Waals surface area contributed by atoms with Crippen LogP contribution in [-0.2, 0) is 11.2 Å². The van der Waals surface area contributed by atoms with Crippen molar-refractivity contribution >= 4 is 23.2 Å². The fourth-order valence-electron chi connectivity index (χ4n) is 2.53. The molecule has 0 radical (unpaired) electrons. The Bertz CT molecular complexity index is 811. The lowest BCUT2D eigenvalue weighted by molar-refractivity contribution is -0.136. The number of ketones is 1. The molecule has 110 valence electrons. The van der Waals surface area contributed by atoms with Crippen LogP contribution in [0.25, 0.3) is 0 Å². The summed E-state index contributed by atoms with van der Waals surface area (Å²) in [6.07, 6.45) is -0.227. The minimum atomic E-state index is -1.01. The molecule has 1 aliphatic heterocycles. The summed E-state index contributed by atoms with van der Waals surface area (Å²) < 4.78 is 13.9. The third kappa shape index (κ3) is 2.53. The lowest BCUT2D eigenvalue weighted by Gasteiger charge is -2.17. The van der Waals surface area contributed by atoms with Crippen molar-refractivity contribution in [1.82, 2.24) is 0 Å². The van der Waals surface area contributed by atoms with Gasteiger partial charge in [-0.25, -0.2) is 4.39 Å². The molecule has 0 saturated carbocycles. The molecule has 4 nitrogen and oxygen atoms in total. The molecule has 0 fully saturated rings. The minimum absolute atomic E-state index is 0.00442. The van der Waals surface area contributed by atoms with E-state index in [9.17, 15) is 14.0 Å². The zero-order valence-corrected chi connectivity index (χ0v) is 11.5. The Balaban J connectivity index is 2.15. The zero-order valence-electron chi connectivity index (χ0n) is 11.5. The Labute approximate surface area is 125 Å². The monoisotopic (exact) mass is 297 g/mol. The molecule has 0 saturated heterocycles. The van der Waals surface area contributed by atoms with Gasteiger partial charge in [0.15, 0.2) is 5.78 Å². The summed E-state index contributed by atoms with van der Waals surface area (Å²) in [5.74, 6) is -1.64. The largest absolute Gasteiger partial charge is 0.481 e. The molecule has 1 N–H and O–H groups in total. The molecule has 1 aliphatic rings. The highest BCUT2D eigenvalue weighted by atomic mass is 19.1. The standard InChI is InChI=1S/C17H12FNO3/c18-13-7-2-1-5-11(13)14-9-15(20)12-6-3-4-10(8-16(21)22)17(12)19-14/h1-7H,8-9H2,(H,21,22). The van der Waals surface area contributed by atoms with Crippen molar-refractivity contribution < 1.29 is 19.1 Å². The maximum atomic E-state index is 13.9. The number of Topliss-reactive ketones (excluding diaryl/α,β-unsaturated/α-hetero) is 1. The van der Waals surface area contributed by atoms with Gasteiger partial charge < -0.3 is 5.11 Å². The molecule has 2 aromatic carbocycles. The lowest BCUT2D eigenvalue weighted by atomic mass is 9.93. The van der Waals surface area contributed by atoms with Gasteiger partial charge in [-0.05, 0) is 17.7 Å². The summed E-state index contributed by atoms with van der Waals surface area (Å²) in [6, 6.07) is 11.0. The van der Waals surface area contributed by atoms with Crippen molar-refractivity contribution in [3.05, 3.63) is 65.0 Å². The van der Waals surface area contributed by atoms with Gasteiger partial charge in [0.1, 0.15) is 5.82 Å². The van der Waals surface area contributed by atoms with E-state index in [4.69, 9.17) is 5.11 Å². The average molecular weight is 297 g/mol. The fourth-order valence-corrected chi connectivity index (χ4v) is 2.53. The van der Waals surface area contributed by atoms with E-state index in [1.165, 1.54) is 6.07 Å². The molecule has 0 aliphatic carbocycles. The van der Waals surface area contributed by atoms with Gasteiger partial charge in [-0.3, -0.25) is 14.6 Å². The van der Waals surface area contributed by atoms with Crippen LogP contribution in [0.2, 0.25) is 0 Å². The third-order valence-electron chi connectivity index (χ3n) is 3.52. The Morgan fingerprint density at radius 1 is 1.14 bits per heavy atom.